The van der Waals surface area contributed by atoms with E-state index in [1.165, 1.54) is 22.3 Å². The maximum atomic E-state index is 4.70. The summed E-state index contributed by atoms with van der Waals surface area (Å²) < 4.78 is 2.10. The molecule has 4 aromatic rings. The molecule has 0 N–H and O–H groups in total. The molecule has 2 heterocycles. The summed E-state index contributed by atoms with van der Waals surface area (Å²) in [4.78, 5) is 13.5. The minimum Gasteiger partial charge on any atom is -0.236 e. The standard InChI is InChI=1S/C22H21N4/c1-14-11-15(2)16(3)19(12-14)21-17-7-5-8-18(20(17)25-13-26(21)4)22-23-9-6-10-24-22/h5-13H,1-4H3/q+1. The molecule has 0 radical (unpaired) electrons. The van der Waals surface area contributed by atoms with Crippen molar-refractivity contribution in [3.8, 4) is 22.6 Å². The number of benzene rings is 2. The fourth-order valence-corrected chi connectivity index (χ4v) is 3.51. The number of fused-ring (bicyclic) bond motifs is 1. The predicted octanol–water partition coefficient (Wildman–Crippen LogP) is 4.11. The molecule has 4 nitrogen and oxygen atoms in total. The molecule has 0 saturated heterocycles. The number of hydrogen-bond donors (Lipinski definition) is 0. The van der Waals surface area contributed by atoms with Gasteiger partial charge in [0.15, 0.2) is 11.3 Å². The minimum atomic E-state index is 0.697. The highest BCUT2D eigenvalue weighted by atomic mass is 15.0. The molecule has 0 fully saturated rings. The Balaban J connectivity index is 2.08. The largest absolute Gasteiger partial charge is 0.287 e. The Kier molecular flexibility index (Phi) is 3.96. The smallest absolute Gasteiger partial charge is 0.236 e. The van der Waals surface area contributed by atoms with Crippen molar-refractivity contribution >= 4 is 10.9 Å². The van der Waals surface area contributed by atoms with Gasteiger partial charge in [-0.25, -0.2) is 14.5 Å². The van der Waals surface area contributed by atoms with Crippen LogP contribution in [0.1, 0.15) is 16.7 Å². The van der Waals surface area contributed by atoms with Crippen molar-refractivity contribution in [2.24, 2.45) is 7.05 Å². The molecule has 26 heavy (non-hydrogen) atoms. The van der Waals surface area contributed by atoms with Crippen LogP contribution in [0.5, 0.6) is 0 Å². The van der Waals surface area contributed by atoms with Crippen LogP contribution in [0.25, 0.3) is 33.5 Å². The second-order valence-electron chi connectivity index (χ2n) is 6.73. The van der Waals surface area contributed by atoms with Gasteiger partial charge in [0.1, 0.15) is 5.69 Å². The molecule has 128 valence electrons. The first-order valence-corrected chi connectivity index (χ1v) is 8.69. The van der Waals surface area contributed by atoms with E-state index in [4.69, 9.17) is 4.98 Å². The summed E-state index contributed by atoms with van der Waals surface area (Å²) in [6, 6.07) is 12.5. The lowest BCUT2D eigenvalue weighted by atomic mass is 9.95. The van der Waals surface area contributed by atoms with Crippen LogP contribution in [-0.2, 0) is 7.05 Å². The molecule has 0 amide bonds. The van der Waals surface area contributed by atoms with Crippen LogP contribution in [0.15, 0.2) is 55.1 Å². The predicted molar refractivity (Wildman–Crippen MR) is 104 cm³/mol. The summed E-state index contributed by atoms with van der Waals surface area (Å²) in [6.07, 6.45) is 5.40. The Morgan fingerprint density at radius 3 is 2.38 bits per heavy atom. The van der Waals surface area contributed by atoms with Gasteiger partial charge in [-0.3, -0.25) is 0 Å². The molecule has 0 aliphatic carbocycles. The summed E-state index contributed by atoms with van der Waals surface area (Å²) in [7, 11) is 2.05. The van der Waals surface area contributed by atoms with Crippen LogP contribution in [0.3, 0.4) is 0 Å². The van der Waals surface area contributed by atoms with Crippen molar-refractivity contribution in [1.29, 1.82) is 0 Å². The molecule has 0 bridgehead atoms. The van der Waals surface area contributed by atoms with Gasteiger partial charge in [0.25, 0.3) is 6.33 Å². The van der Waals surface area contributed by atoms with E-state index in [-0.39, 0.29) is 0 Å². The van der Waals surface area contributed by atoms with Crippen LogP contribution in [0, 0.1) is 20.8 Å². The van der Waals surface area contributed by atoms with E-state index in [2.05, 4.69) is 59.6 Å². The van der Waals surface area contributed by atoms with Crippen molar-refractivity contribution in [3.63, 3.8) is 0 Å². The lowest BCUT2D eigenvalue weighted by molar-refractivity contribution is -0.662. The number of rotatable bonds is 2. The number of para-hydroxylation sites is 1. The Hall–Kier alpha value is -3.14. The van der Waals surface area contributed by atoms with Gasteiger partial charge in [0, 0.05) is 18.0 Å². The SMILES string of the molecule is Cc1cc(C)c(C)c(-c2c3cccc(-c4ncccn4)c3nc[n+]2C)c1. The fraction of sp³-hybridized carbons (Fsp3) is 0.182. The van der Waals surface area contributed by atoms with Crippen molar-refractivity contribution in [3.05, 3.63) is 71.8 Å². The van der Waals surface area contributed by atoms with E-state index >= 15 is 0 Å². The zero-order chi connectivity index (χ0) is 18.3. The highest BCUT2D eigenvalue weighted by molar-refractivity contribution is 5.98. The Labute approximate surface area is 153 Å². The first-order chi connectivity index (χ1) is 12.6. The lowest BCUT2D eigenvalue weighted by Gasteiger charge is -2.13. The molecular formula is C22H21N4+. The van der Waals surface area contributed by atoms with Crippen molar-refractivity contribution < 1.29 is 4.57 Å². The average molecular weight is 341 g/mol. The summed E-state index contributed by atoms with van der Waals surface area (Å²) >= 11 is 0. The first kappa shape index (κ1) is 16.3. The van der Waals surface area contributed by atoms with E-state index in [1.54, 1.807) is 12.4 Å². The molecule has 0 unspecified atom stereocenters. The first-order valence-electron chi connectivity index (χ1n) is 8.69. The van der Waals surface area contributed by atoms with Gasteiger partial charge < -0.3 is 0 Å². The van der Waals surface area contributed by atoms with Crippen LogP contribution >= 0.6 is 0 Å². The van der Waals surface area contributed by atoms with E-state index < -0.39 is 0 Å². The summed E-state index contributed by atoms with van der Waals surface area (Å²) in [5.74, 6) is 0.697. The van der Waals surface area contributed by atoms with Gasteiger partial charge in [0.05, 0.1) is 18.0 Å². The third-order valence-electron chi connectivity index (χ3n) is 4.88. The Morgan fingerprint density at radius 1 is 0.846 bits per heavy atom. The molecular weight excluding hydrogens is 320 g/mol. The van der Waals surface area contributed by atoms with Crippen molar-refractivity contribution in [1.82, 2.24) is 15.0 Å². The number of nitrogens with zero attached hydrogens (tertiary/aromatic N) is 4. The summed E-state index contributed by atoms with van der Waals surface area (Å²) in [5.41, 5.74) is 8.13. The van der Waals surface area contributed by atoms with Gasteiger partial charge in [-0.2, -0.15) is 0 Å². The molecule has 2 aromatic carbocycles. The molecule has 0 spiro atoms. The Bertz CT molecular complexity index is 1120. The van der Waals surface area contributed by atoms with E-state index in [0.717, 1.165) is 22.2 Å². The molecule has 2 aromatic heterocycles. The highest BCUT2D eigenvalue weighted by Gasteiger charge is 2.20. The molecule has 4 heteroatoms. The normalized spacial score (nSPS) is 11.1. The van der Waals surface area contributed by atoms with E-state index in [9.17, 15) is 0 Å². The van der Waals surface area contributed by atoms with Crippen LogP contribution in [-0.4, -0.2) is 15.0 Å². The van der Waals surface area contributed by atoms with Gasteiger partial charge >= 0.3 is 0 Å². The van der Waals surface area contributed by atoms with Crippen LogP contribution < -0.4 is 4.57 Å². The molecule has 0 saturated carbocycles. The molecule has 0 aliphatic rings. The zero-order valence-corrected chi connectivity index (χ0v) is 15.5. The Morgan fingerprint density at radius 2 is 1.62 bits per heavy atom. The second kappa shape index (κ2) is 6.30. The number of aromatic nitrogens is 4. The van der Waals surface area contributed by atoms with Gasteiger partial charge in [-0.1, -0.05) is 17.7 Å². The number of hydrogen-bond acceptors (Lipinski definition) is 3. The third-order valence-corrected chi connectivity index (χ3v) is 4.88. The monoisotopic (exact) mass is 341 g/mol. The molecule has 0 aliphatic heterocycles. The molecule has 0 atom stereocenters. The van der Waals surface area contributed by atoms with Crippen molar-refractivity contribution in [2.45, 2.75) is 20.8 Å². The second-order valence-corrected chi connectivity index (χ2v) is 6.73. The maximum Gasteiger partial charge on any atom is 0.287 e. The zero-order valence-electron chi connectivity index (χ0n) is 15.5. The van der Waals surface area contributed by atoms with Crippen molar-refractivity contribution in [2.75, 3.05) is 0 Å². The van der Waals surface area contributed by atoms with Crippen LogP contribution in [0.2, 0.25) is 0 Å². The van der Waals surface area contributed by atoms with Gasteiger partial charge in [-0.15, -0.1) is 0 Å². The number of aryl methyl sites for hydroxylation is 3. The third kappa shape index (κ3) is 2.64. The summed E-state index contributed by atoms with van der Waals surface area (Å²) in [6.45, 7) is 6.49. The lowest BCUT2D eigenvalue weighted by Crippen LogP contribution is -2.32. The van der Waals surface area contributed by atoms with E-state index in [0.29, 0.717) is 5.82 Å². The summed E-state index contributed by atoms with van der Waals surface area (Å²) in [5, 5.41) is 1.10. The highest BCUT2D eigenvalue weighted by Crippen LogP contribution is 2.32. The van der Waals surface area contributed by atoms with Crippen LogP contribution in [0.4, 0.5) is 0 Å². The topological polar surface area (TPSA) is 42.6 Å². The quantitative estimate of drug-likeness (QED) is 0.515. The average Bonchev–Trinajstić information content (AvgIpc) is 2.65. The maximum absolute atomic E-state index is 4.70. The van der Waals surface area contributed by atoms with E-state index in [1.807, 2.05) is 25.5 Å². The molecule has 4 rings (SSSR count). The fourth-order valence-electron chi connectivity index (χ4n) is 3.51. The van der Waals surface area contributed by atoms with Gasteiger partial charge in [-0.05, 0) is 61.1 Å². The van der Waals surface area contributed by atoms with Gasteiger partial charge in [0.2, 0.25) is 0 Å². The minimum absolute atomic E-state index is 0.697.